The second-order valence-corrected chi connectivity index (χ2v) is 24.9. The van der Waals surface area contributed by atoms with Crippen LogP contribution in [0, 0.1) is 6.92 Å². The topological polar surface area (TPSA) is 6.48 Å². The average molecular weight is 881 g/mol. The molecule has 0 aliphatic heterocycles. The van der Waals surface area contributed by atoms with Gasteiger partial charge in [-0.15, -0.1) is 34.4 Å². The molecule has 0 bridgehead atoms. The molecule has 8 aromatic rings. The van der Waals surface area contributed by atoms with E-state index in [0.29, 0.717) is 0 Å². The van der Waals surface area contributed by atoms with Gasteiger partial charge in [0.1, 0.15) is 0 Å². The lowest BCUT2D eigenvalue weighted by Crippen LogP contribution is -2.23. The maximum Gasteiger partial charge on any atom is 0.0558 e. The van der Waals surface area contributed by atoms with Gasteiger partial charge < -0.3 is 9.80 Å². The van der Waals surface area contributed by atoms with Crippen LogP contribution in [0.3, 0.4) is 0 Å². The van der Waals surface area contributed by atoms with Crippen molar-refractivity contribution in [3.05, 3.63) is 178 Å². The zero-order valence-electron chi connectivity index (χ0n) is 36.6. The van der Waals surface area contributed by atoms with Crippen LogP contribution < -0.4 is 9.80 Å². The third-order valence-corrected chi connectivity index (χ3v) is 17.7. The van der Waals surface area contributed by atoms with Crippen molar-refractivity contribution in [1.82, 2.24) is 0 Å². The Morgan fingerprint density at radius 1 is 0.742 bits per heavy atom. The zero-order valence-corrected chi connectivity index (χ0v) is 39.9. The van der Waals surface area contributed by atoms with E-state index in [2.05, 4.69) is 202 Å². The number of aryl methyl sites for hydroxylation is 2. The van der Waals surface area contributed by atoms with Gasteiger partial charge in [0.2, 0.25) is 0 Å². The van der Waals surface area contributed by atoms with E-state index in [0.717, 1.165) is 35.6 Å². The second-order valence-electron chi connectivity index (χ2n) is 17.8. The van der Waals surface area contributed by atoms with Crippen LogP contribution in [0.15, 0.2) is 150 Å². The Hall–Kier alpha value is -5.24. The van der Waals surface area contributed by atoms with Gasteiger partial charge in [-0.3, -0.25) is 0 Å². The Balaban J connectivity index is 1.28. The highest BCUT2D eigenvalue weighted by Gasteiger charge is 2.36. The first-order chi connectivity index (χ1) is 29.9. The minimum Gasteiger partial charge on any atom is -0.310 e. The van der Waals surface area contributed by atoms with E-state index in [4.69, 9.17) is 0 Å². The number of nitrogens with zero attached hydrogens (tertiary/aromatic N) is 2. The summed E-state index contributed by atoms with van der Waals surface area (Å²) in [7, 11) is -0.887. The van der Waals surface area contributed by atoms with Crippen molar-refractivity contribution in [3.8, 4) is 0 Å². The fourth-order valence-corrected chi connectivity index (χ4v) is 13.4. The molecule has 0 fully saturated rings. The van der Waals surface area contributed by atoms with Gasteiger partial charge in [0.15, 0.2) is 0 Å². The fraction of sp³-hybridized carbons (Fsp3) is 0.179. The van der Waals surface area contributed by atoms with Crippen molar-refractivity contribution in [2.45, 2.75) is 48.8 Å². The number of hydrogen-bond donors (Lipinski definition) is 0. The van der Waals surface area contributed by atoms with Gasteiger partial charge in [-0.25, -0.2) is 10.0 Å². The molecule has 2 aliphatic rings. The lowest BCUT2D eigenvalue weighted by Gasteiger charge is -2.34. The van der Waals surface area contributed by atoms with E-state index < -0.39 is 15.4 Å². The van der Waals surface area contributed by atoms with E-state index in [1.807, 2.05) is 28.7 Å². The Labute approximate surface area is 380 Å². The first kappa shape index (κ1) is 40.8. The molecule has 62 heavy (non-hydrogen) atoms. The van der Waals surface area contributed by atoms with Crippen LogP contribution in [-0.4, -0.2) is 25.0 Å². The fourth-order valence-electron chi connectivity index (χ4n) is 9.49. The summed E-state index contributed by atoms with van der Waals surface area (Å²) in [6, 6.07) is 41.3. The maximum atomic E-state index is 4.65. The van der Waals surface area contributed by atoms with E-state index >= 15 is 0 Å². The summed E-state index contributed by atoms with van der Waals surface area (Å²) in [6.45, 7) is 16.0. The van der Waals surface area contributed by atoms with Crippen LogP contribution in [0.5, 0.6) is 0 Å². The minimum atomic E-state index is -0.887. The number of rotatable bonds is 9. The van der Waals surface area contributed by atoms with Crippen LogP contribution in [0.1, 0.15) is 58.5 Å². The van der Waals surface area contributed by atoms with Crippen molar-refractivity contribution in [1.29, 1.82) is 0 Å². The van der Waals surface area contributed by atoms with Crippen LogP contribution >= 0.6 is 44.5 Å². The highest BCUT2D eigenvalue weighted by molar-refractivity contribution is 8.32. The van der Waals surface area contributed by atoms with Crippen LogP contribution in [-0.2, 0) is 11.8 Å². The maximum absolute atomic E-state index is 4.65. The molecule has 0 atom stereocenters. The second kappa shape index (κ2) is 15.5. The Bertz CT molecular complexity index is 3150. The first-order valence-electron chi connectivity index (χ1n) is 21.2. The van der Waals surface area contributed by atoms with E-state index in [-0.39, 0.29) is 0 Å². The molecule has 2 aliphatic carbocycles. The predicted octanol–water partition coefficient (Wildman–Crippen LogP) is 17.4. The molecule has 0 N–H and O–H groups in total. The van der Waals surface area contributed by atoms with Gasteiger partial charge in [-0.2, -0.15) is 0 Å². The molecule has 2 heterocycles. The Morgan fingerprint density at radius 3 is 2.00 bits per heavy atom. The number of thiophene rings is 2. The average Bonchev–Trinajstić information content (AvgIpc) is 3.84. The lowest BCUT2D eigenvalue weighted by atomic mass is 9.74. The molecular formula is C56H52N2S4. The van der Waals surface area contributed by atoms with Gasteiger partial charge in [-0.1, -0.05) is 81.1 Å². The van der Waals surface area contributed by atoms with Crippen molar-refractivity contribution in [2.24, 2.45) is 0 Å². The quantitative estimate of drug-likeness (QED) is 0.105. The molecule has 310 valence electrons. The summed E-state index contributed by atoms with van der Waals surface area (Å²) in [5, 5.41) is 3.91. The third kappa shape index (κ3) is 6.69. The molecule has 0 amide bonds. The molecule has 0 radical (unpaired) electrons. The van der Waals surface area contributed by atoms with E-state index in [1.165, 1.54) is 89.7 Å². The minimum absolute atomic E-state index is 0.404. The smallest absolute Gasteiger partial charge is 0.0558 e. The van der Waals surface area contributed by atoms with Gasteiger partial charge in [0.05, 0.1) is 11.4 Å². The first-order valence-corrected chi connectivity index (χ1v) is 27.0. The standard InChI is InChI=1S/C56H52N2S4/c1-10-36(3)57(37-25-29-41(30-26-37)62(7,8)9)48-33-46-42(54-52(48)44-15-11-13-17-50(44)60-54)31-32-43-47(56(46,4)5)34-49(53-45-16-12-14-18-51(45)61-55(43)53)58(38-21-19-35(2)20-22-38)39-23-27-40(59-6)28-24-39/h10,12-14,16-34H,1,3,11,15H2,2,4-9H3. The molecule has 6 aromatic carbocycles. The Kier molecular flexibility index (Phi) is 10.2. The monoisotopic (exact) mass is 880 g/mol. The summed E-state index contributed by atoms with van der Waals surface area (Å²) in [5.74, 6) is 0. The molecule has 0 saturated heterocycles. The van der Waals surface area contributed by atoms with Crippen molar-refractivity contribution in [2.75, 3.05) is 34.8 Å². The molecular weight excluding hydrogens is 829 g/mol. The summed E-state index contributed by atoms with van der Waals surface area (Å²) in [6.07, 6.45) is 22.8. The number of hydrogen-bond acceptors (Lipinski definition) is 5. The third-order valence-electron chi connectivity index (χ3n) is 12.8. The molecule has 2 nitrogen and oxygen atoms in total. The number of thioether (sulfide) groups is 1. The van der Waals surface area contributed by atoms with Gasteiger partial charge in [0.25, 0.3) is 0 Å². The summed E-state index contributed by atoms with van der Waals surface area (Å²) in [4.78, 5) is 8.86. The molecule has 2 aromatic heterocycles. The van der Waals surface area contributed by atoms with Gasteiger partial charge in [0, 0.05) is 68.2 Å². The van der Waals surface area contributed by atoms with E-state index in [1.54, 1.807) is 11.8 Å². The Morgan fingerprint density at radius 2 is 1.35 bits per heavy atom. The number of anilines is 5. The molecule has 10 rings (SSSR count). The largest absolute Gasteiger partial charge is 0.310 e. The number of benzene rings is 6. The summed E-state index contributed by atoms with van der Waals surface area (Å²) >= 11 is 5.64. The van der Waals surface area contributed by atoms with Crippen molar-refractivity contribution >= 4 is 121 Å². The molecule has 0 unspecified atom stereocenters. The normalized spacial score (nSPS) is 14.4. The molecule has 0 saturated carbocycles. The summed E-state index contributed by atoms with van der Waals surface area (Å²) < 4.78 is 3.96. The SMILES string of the molecule is C=CC(=C)N(c1ccc(S(C)(C)C)cc1)c1cc2c(c3sc4c(c13)CCC=C4)C=Cc1c(cc(N(c3ccc(C)cc3)c3ccc(SC)cc3)c3c1sc1ccccc13)C2(C)C. The lowest BCUT2D eigenvalue weighted by molar-refractivity contribution is 0.642. The van der Waals surface area contributed by atoms with Crippen LogP contribution in [0.2, 0.25) is 0 Å². The van der Waals surface area contributed by atoms with Crippen molar-refractivity contribution in [3.63, 3.8) is 0 Å². The molecule has 0 spiro atoms. The molecule has 6 heteroatoms. The number of allylic oxidation sites excluding steroid dienone is 2. The predicted molar refractivity (Wildman–Crippen MR) is 282 cm³/mol. The zero-order chi connectivity index (χ0) is 43.1. The van der Waals surface area contributed by atoms with Crippen molar-refractivity contribution < 1.29 is 0 Å². The van der Waals surface area contributed by atoms with Crippen LogP contribution in [0.4, 0.5) is 28.4 Å². The highest BCUT2D eigenvalue weighted by Crippen LogP contribution is 2.55. The van der Waals surface area contributed by atoms with E-state index in [9.17, 15) is 0 Å². The van der Waals surface area contributed by atoms with Crippen LogP contribution in [0.25, 0.3) is 48.5 Å². The number of fused-ring (bicyclic) bond motifs is 10. The summed E-state index contributed by atoms with van der Waals surface area (Å²) in [5.41, 5.74) is 14.2. The van der Waals surface area contributed by atoms with Gasteiger partial charge in [-0.05, 0) is 169 Å². The van der Waals surface area contributed by atoms with Gasteiger partial charge >= 0.3 is 0 Å². The highest BCUT2D eigenvalue weighted by atomic mass is 32.3.